The first kappa shape index (κ1) is 24.7. The molecule has 0 unspecified atom stereocenters. The van der Waals surface area contributed by atoms with Crippen LogP contribution < -0.4 is 14.9 Å². The van der Waals surface area contributed by atoms with E-state index in [1.807, 2.05) is 92.8 Å². The Morgan fingerprint density at radius 3 is 2.44 bits per heavy atom. The van der Waals surface area contributed by atoms with Crippen LogP contribution in [-0.4, -0.2) is 35.1 Å². The number of aryl methyl sites for hydroxylation is 2. The van der Waals surface area contributed by atoms with E-state index < -0.39 is 0 Å². The Hall–Kier alpha value is -4.39. The number of nitrogens with zero attached hydrogens (tertiary/aromatic N) is 3. The summed E-state index contributed by atoms with van der Waals surface area (Å²) < 4.78 is 13.1. The fourth-order valence-corrected chi connectivity index (χ4v) is 3.51. The average Bonchev–Trinajstić information content (AvgIpc) is 3.33. The number of amides is 1. The first-order chi connectivity index (χ1) is 17.5. The van der Waals surface area contributed by atoms with Crippen LogP contribution in [0.2, 0.25) is 0 Å². The Labute approximate surface area is 211 Å². The summed E-state index contributed by atoms with van der Waals surface area (Å²) in [5, 5.41) is 8.93. The van der Waals surface area contributed by atoms with Crippen LogP contribution in [0, 0.1) is 13.8 Å². The van der Waals surface area contributed by atoms with E-state index in [0.717, 1.165) is 40.2 Å². The third-order valence-corrected chi connectivity index (χ3v) is 5.61. The van der Waals surface area contributed by atoms with E-state index in [0.29, 0.717) is 12.4 Å². The molecule has 0 spiro atoms. The largest absolute Gasteiger partial charge is 0.494 e. The second kappa shape index (κ2) is 11.8. The van der Waals surface area contributed by atoms with Crippen LogP contribution in [0.15, 0.2) is 84.1 Å². The lowest BCUT2D eigenvalue weighted by molar-refractivity contribution is -0.123. The Morgan fingerprint density at radius 2 is 1.72 bits per heavy atom. The summed E-state index contributed by atoms with van der Waals surface area (Å²) in [6.45, 7) is 6.65. The van der Waals surface area contributed by atoms with Crippen LogP contribution in [0.1, 0.15) is 30.0 Å². The van der Waals surface area contributed by atoms with Crippen molar-refractivity contribution in [2.45, 2.75) is 27.2 Å². The molecule has 1 N–H and O–H groups in total. The summed E-state index contributed by atoms with van der Waals surface area (Å²) in [6.07, 6.45) is 4.43. The van der Waals surface area contributed by atoms with Gasteiger partial charge in [0.05, 0.1) is 18.5 Å². The summed E-state index contributed by atoms with van der Waals surface area (Å²) in [5.41, 5.74) is 8.16. The third-order valence-electron chi connectivity index (χ3n) is 5.61. The van der Waals surface area contributed by atoms with Crippen LogP contribution >= 0.6 is 0 Å². The number of benzene rings is 3. The maximum Gasteiger partial charge on any atom is 0.277 e. The molecule has 0 aliphatic heterocycles. The lowest BCUT2D eigenvalue weighted by atomic mass is 10.1. The molecule has 0 fully saturated rings. The van der Waals surface area contributed by atoms with Crippen molar-refractivity contribution in [3.63, 3.8) is 0 Å². The Morgan fingerprint density at radius 1 is 0.972 bits per heavy atom. The fourth-order valence-electron chi connectivity index (χ4n) is 3.51. The quantitative estimate of drug-likeness (QED) is 0.240. The molecule has 0 saturated heterocycles. The van der Waals surface area contributed by atoms with Crippen molar-refractivity contribution in [2.24, 2.45) is 5.10 Å². The molecule has 1 aromatic heterocycles. The lowest BCUT2D eigenvalue weighted by Gasteiger charge is -2.07. The van der Waals surface area contributed by atoms with Crippen molar-refractivity contribution in [1.82, 2.24) is 15.2 Å². The number of hydrazone groups is 1. The number of nitrogens with one attached hydrogen (secondary N) is 1. The Kier molecular flexibility index (Phi) is 8.13. The standard InChI is InChI=1S/C29H30N4O3/c1-4-16-35-26-14-11-23(12-15-26)29-24(19-33(32-29)25-8-6-5-7-9-25)18-30-31-28(34)20-36-27-13-10-21(2)22(3)17-27/h5-15,17-19H,4,16,20H2,1-3H3,(H,31,34)/b30-18-. The van der Waals surface area contributed by atoms with Crippen LogP contribution in [0.4, 0.5) is 0 Å². The molecular formula is C29H30N4O3. The minimum absolute atomic E-state index is 0.130. The van der Waals surface area contributed by atoms with Crippen molar-refractivity contribution in [1.29, 1.82) is 0 Å². The van der Waals surface area contributed by atoms with E-state index in [2.05, 4.69) is 17.5 Å². The maximum atomic E-state index is 12.3. The van der Waals surface area contributed by atoms with Gasteiger partial charge in [-0.2, -0.15) is 10.2 Å². The van der Waals surface area contributed by atoms with E-state index in [1.165, 1.54) is 5.56 Å². The number of ether oxygens (including phenoxy) is 2. The highest BCUT2D eigenvalue weighted by atomic mass is 16.5. The minimum Gasteiger partial charge on any atom is -0.494 e. The van der Waals surface area contributed by atoms with Gasteiger partial charge in [0.2, 0.25) is 0 Å². The summed E-state index contributed by atoms with van der Waals surface area (Å²) in [5.74, 6) is 1.11. The first-order valence-electron chi connectivity index (χ1n) is 11.9. The Bertz CT molecular complexity index is 1330. The molecule has 0 radical (unpaired) electrons. The molecule has 184 valence electrons. The number of rotatable bonds is 10. The third kappa shape index (κ3) is 6.39. The van der Waals surface area contributed by atoms with Gasteiger partial charge in [0.25, 0.3) is 5.91 Å². The van der Waals surface area contributed by atoms with Crippen molar-refractivity contribution in [2.75, 3.05) is 13.2 Å². The van der Waals surface area contributed by atoms with Gasteiger partial charge in [-0.05, 0) is 79.9 Å². The second-order valence-electron chi connectivity index (χ2n) is 8.41. The zero-order valence-electron chi connectivity index (χ0n) is 20.8. The number of carbonyl (C=O) groups is 1. The number of hydrogen-bond donors (Lipinski definition) is 1. The molecular weight excluding hydrogens is 452 g/mol. The molecule has 7 nitrogen and oxygen atoms in total. The highest BCUT2D eigenvalue weighted by Crippen LogP contribution is 2.25. The monoisotopic (exact) mass is 482 g/mol. The minimum atomic E-state index is -0.348. The molecule has 0 bridgehead atoms. The number of aromatic nitrogens is 2. The molecule has 7 heteroatoms. The molecule has 1 amide bonds. The van der Waals surface area contributed by atoms with Gasteiger partial charge in [-0.3, -0.25) is 4.79 Å². The highest BCUT2D eigenvalue weighted by molar-refractivity contribution is 5.89. The zero-order valence-corrected chi connectivity index (χ0v) is 20.8. The van der Waals surface area contributed by atoms with Gasteiger partial charge in [0, 0.05) is 17.3 Å². The van der Waals surface area contributed by atoms with Gasteiger partial charge in [0.15, 0.2) is 6.61 Å². The van der Waals surface area contributed by atoms with E-state index in [1.54, 1.807) is 10.9 Å². The summed E-state index contributed by atoms with van der Waals surface area (Å²) in [6, 6.07) is 23.4. The highest BCUT2D eigenvalue weighted by Gasteiger charge is 2.12. The first-order valence-corrected chi connectivity index (χ1v) is 11.9. The molecule has 1 heterocycles. The molecule has 4 rings (SSSR count). The van der Waals surface area contributed by atoms with E-state index in [4.69, 9.17) is 14.6 Å². The van der Waals surface area contributed by atoms with Crippen LogP contribution in [0.25, 0.3) is 16.9 Å². The number of para-hydroxylation sites is 1. The van der Waals surface area contributed by atoms with Crippen molar-refractivity contribution in [3.05, 3.63) is 95.7 Å². The van der Waals surface area contributed by atoms with Gasteiger partial charge in [-0.25, -0.2) is 10.1 Å². The second-order valence-corrected chi connectivity index (χ2v) is 8.41. The van der Waals surface area contributed by atoms with Gasteiger partial charge in [-0.15, -0.1) is 0 Å². The maximum absolute atomic E-state index is 12.3. The Balaban J connectivity index is 1.48. The summed E-state index contributed by atoms with van der Waals surface area (Å²) in [7, 11) is 0. The van der Waals surface area contributed by atoms with Crippen LogP contribution in [0.5, 0.6) is 11.5 Å². The topological polar surface area (TPSA) is 77.7 Å². The summed E-state index contributed by atoms with van der Waals surface area (Å²) in [4.78, 5) is 12.3. The SMILES string of the molecule is CCCOc1ccc(-c2nn(-c3ccccc3)cc2/C=N\NC(=O)COc2ccc(C)c(C)c2)cc1. The average molecular weight is 483 g/mol. The fraction of sp³-hybridized carbons (Fsp3) is 0.207. The summed E-state index contributed by atoms with van der Waals surface area (Å²) >= 11 is 0. The number of carbonyl (C=O) groups excluding carboxylic acids is 1. The zero-order chi connectivity index (χ0) is 25.3. The normalized spacial score (nSPS) is 11.0. The molecule has 4 aromatic rings. The van der Waals surface area contributed by atoms with Crippen LogP contribution in [0.3, 0.4) is 0 Å². The van der Waals surface area contributed by atoms with Gasteiger partial charge < -0.3 is 9.47 Å². The molecule has 36 heavy (non-hydrogen) atoms. The predicted octanol–water partition coefficient (Wildman–Crippen LogP) is 5.47. The molecule has 3 aromatic carbocycles. The molecule has 0 saturated carbocycles. The molecule has 0 aliphatic carbocycles. The molecule has 0 atom stereocenters. The van der Waals surface area contributed by atoms with Gasteiger partial charge in [0.1, 0.15) is 17.2 Å². The smallest absolute Gasteiger partial charge is 0.277 e. The van der Waals surface area contributed by atoms with Gasteiger partial charge in [-0.1, -0.05) is 31.2 Å². The van der Waals surface area contributed by atoms with Crippen LogP contribution in [-0.2, 0) is 4.79 Å². The van der Waals surface area contributed by atoms with Crippen molar-refractivity contribution in [3.8, 4) is 28.4 Å². The number of hydrogen-bond acceptors (Lipinski definition) is 5. The molecule has 0 aliphatic rings. The lowest BCUT2D eigenvalue weighted by Crippen LogP contribution is -2.24. The van der Waals surface area contributed by atoms with Gasteiger partial charge >= 0.3 is 0 Å². The van der Waals surface area contributed by atoms with Crippen molar-refractivity contribution >= 4 is 12.1 Å². The van der Waals surface area contributed by atoms with Crippen molar-refractivity contribution < 1.29 is 14.3 Å². The van der Waals surface area contributed by atoms with E-state index >= 15 is 0 Å². The van der Waals surface area contributed by atoms with E-state index in [-0.39, 0.29) is 12.5 Å². The predicted molar refractivity (Wildman–Crippen MR) is 142 cm³/mol. The van der Waals surface area contributed by atoms with E-state index in [9.17, 15) is 4.79 Å².